The number of aromatic nitrogens is 3. The summed E-state index contributed by atoms with van der Waals surface area (Å²) in [5.74, 6) is -2.71. The number of ether oxygens (including phenoxy) is 4. The van der Waals surface area contributed by atoms with E-state index in [1.807, 2.05) is 33.9 Å². The molecule has 2 saturated carbocycles. The average Bonchev–Trinajstić information content (AvgIpc) is 1.53. The maximum Gasteiger partial charge on any atom is 0.284 e. The van der Waals surface area contributed by atoms with Crippen LogP contribution in [0.15, 0.2) is 91.1 Å². The van der Waals surface area contributed by atoms with E-state index in [0.717, 1.165) is 50.4 Å². The Kier molecular flexibility index (Phi) is 20.8. The summed E-state index contributed by atoms with van der Waals surface area (Å²) in [4.78, 5) is 47.7. The lowest BCUT2D eigenvalue weighted by molar-refractivity contribution is -0.118. The van der Waals surface area contributed by atoms with Crippen LogP contribution in [0.5, 0.6) is 5.75 Å². The summed E-state index contributed by atoms with van der Waals surface area (Å²) in [6.07, 6.45) is 6.86. The molecular weight excluding hydrogens is 1160 g/mol. The Morgan fingerprint density at radius 3 is 2.40 bits per heavy atom. The fraction of sp³-hybridized carbons (Fsp3) is 0.484. The van der Waals surface area contributed by atoms with Gasteiger partial charge in [-0.1, -0.05) is 62.2 Å². The molecule has 3 aromatic carbocycles. The number of anilines is 3. The number of alkyl halides is 2. The van der Waals surface area contributed by atoms with Gasteiger partial charge in [-0.2, -0.15) is 10.4 Å². The summed E-state index contributed by atoms with van der Waals surface area (Å²) in [5.41, 5.74) is -1.62. The minimum absolute atomic E-state index is 0.0439. The molecular formula is C62H73Cl2F4N11O7. The summed E-state index contributed by atoms with van der Waals surface area (Å²) in [7, 11) is 3.41. The van der Waals surface area contributed by atoms with Crippen molar-refractivity contribution in [3.8, 4) is 11.8 Å². The molecule has 460 valence electrons. The molecule has 2 aliphatic heterocycles. The van der Waals surface area contributed by atoms with Crippen LogP contribution in [-0.4, -0.2) is 116 Å². The average molecular weight is 1230 g/mol. The predicted molar refractivity (Wildman–Crippen MR) is 318 cm³/mol. The molecule has 2 aliphatic carbocycles. The van der Waals surface area contributed by atoms with Crippen LogP contribution in [0.25, 0.3) is 0 Å². The second-order valence-corrected chi connectivity index (χ2v) is 24.5. The summed E-state index contributed by atoms with van der Waals surface area (Å²) in [6, 6.07) is 16.4. The van der Waals surface area contributed by atoms with Crippen LogP contribution in [-0.2, 0) is 29.2 Å². The van der Waals surface area contributed by atoms with Crippen molar-refractivity contribution in [2.75, 3.05) is 82.7 Å². The molecule has 4 aliphatic rings. The van der Waals surface area contributed by atoms with E-state index >= 15 is 8.78 Å². The molecule has 0 radical (unpaired) electrons. The lowest BCUT2D eigenvalue weighted by atomic mass is 9.62. The number of hydrogen-bond donors (Lipinski definition) is 6. The number of benzene rings is 3. The van der Waals surface area contributed by atoms with Gasteiger partial charge in [-0.25, -0.2) is 22.5 Å². The van der Waals surface area contributed by atoms with E-state index in [1.165, 1.54) is 80.9 Å². The minimum atomic E-state index is -2.89. The Bertz CT molecular complexity index is 3290. The molecule has 5 aromatic rings. The van der Waals surface area contributed by atoms with E-state index in [0.29, 0.717) is 44.0 Å². The number of halogens is 6. The van der Waals surface area contributed by atoms with Crippen LogP contribution in [0.3, 0.4) is 0 Å². The second-order valence-electron chi connectivity index (χ2n) is 23.7. The van der Waals surface area contributed by atoms with E-state index in [4.69, 9.17) is 42.1 Å². The number of nitrogens with zero attached hydrogens (tertiary/aromatic N) is 5. The molecule has 86 heavy (non-hydrogen) atoms. The molecule has 3 fully saturated rings. The van der Waals surface area contributed by atoms with E-state index in [9.17, 15) is 28.4 Å². The van der Waals surface area contributed by atoms with Crippen molar-refractivity contribution in [2.24, 2.45) is 17.3 Å². The van der Waals surface area contributed by atoms with Gasteiger partial charge < -0.3 is 55.7 Å². The highest BCUT2D eigenvalue weighted by molar-refractivity contribution is 6.31. The zero-order chi connectivity index (χ0) is 61.3. The summed E-state index contributed by atoms with van der Waals surface area (Å²) in [5, 5.41) is 33.2. The van der Waals surface area contributed by atoms with Gasteiger partial charge in [0.05, 0.1) is 68.1 Å². The standard InChI is InChI=1S/C62H73Cl2F4N11O7/c1-61(2,3)30-50-62(35-69,43-17-14-40(63)29-45(43)65)52(42-7-6-8-44(64)53(42)66)55(76-50)59(82)73-46-18-13-38(27-49(46)83-5)57(80)71-21-23-84-25-26-85-24-22-78(4)32-37-11-15-41(16-12-37)79-33-47(54(77-79)56(67)68)74-58(81)48-34-86-60(75-48)39-19-20-70-51(28-39)72-31-36-9-10-36/h6-8,13-14,17-20,27-29,33-34,36-37,41,50,52,55-56,60,75-76H,9-12,15-16,21-26,30-32H2,1-5H3,(H,70,72)(H,71,80)(H,73,82)(H,74,81)/t37?,41?,50-,52-,55+,60?,62-/m0/s1. The van der Waals surface area contributed by atoms with E-state index in [2.05, 4.69) is 53.0 Å². The molecule has 18 nitrogen and oxygen atoms in total. The van der Waals surface area contributed by atoms with Gasteiger partial charge in [0.2, 0.25) is 5.91 Å². The number of amides is 3. The third kappa shape index (κ3) is 15.4. The van der Waals surface area contributed by atoms with Crippen molar-refractivity contribution < 1.29 is 50.9 Å². The van der Waals surface area contributed by atoms with Crippen LogP contribution in [0.1, 0.15) is 123 Å². The Morgan fingerprint density at radius 2 is 1.69 bits per heavy atom. The van der Waals surface area contributed by atoms with Crippen molar-refractivity contribution >= 4 is 58.1 Å². The number of hydrogen-bond acceptors (Lipinski definition) is 14. The van der Waals surface area contributed by atoms with Gasteiger partial charge in [0.1, 0.15) is 40.6 Å². The van der Waals surface area contributed by atoms with Crippen LogP contribution in [0, 0.1) is 40.2 Å². The summed E-state index contributed by atoms with van der Waals surface area (Å²) >= 11 is 12.5. The molecule has 2 aromatic heterocycles. The van der Waals surface area contributed by atoms with Crippen molar-refractivity contribution in [2.45, 2.75) is 108 Å². The number of rotatable bonds is 26. The quantitative estimate of drug-likeness (QED) is 0.0224. The summed E-state index contributed by atoms with van der Waals surface area (Å²) < 4.78 is 85.2. The molecule has 1 saturated heterocycles. The van der Waals surface area contributed by atoms with Gasteiger partial charge in [-0.05, 0) is 123 Å². The van der Waals surface area contributed by atoms with Gasteiger partial charge in [0.25, 0.3) is 18.2 Å². The van der Waals surface area contributed by atoms with Crippen molar-refractivity contribution in [1.82, 2.24) is 35.6 Å². The Hall–Kier alpha value is -7.00. The van der Waals surface area contributed by atoms with E-state index < -0.39 is 76.5 Å². The number of pyridine rings is 1. The topological polar surface area (TPSA) is 218 Å². The van der Waals surface area contributed by atoms with Gasteiger partial charge in [0.15, 0.2) is 11.9 Å². The monoisotopic (exact) mass is 1230 g/mol. The van der Waals surface area contributed by atoms with Crippen molar-refractivity contribution in [1.29, 1.82) is 5.26 Å². The van der Waals surface area contributed by atoms with E-state index in [1.54, 1.807) is 16.9 Å². The van der Waals surface area contributed by atoms with E-state index in [-0.39, 0.29) is 75.2 Å². The van der Waals surface area contributed by atoms with Gasteiger partial charge in [0, 0.05) is 72.2 Å². The molecule has 0 bridgehead atoms. The van der Waals surface area contributed by atoms with Gasteiger partial charge in [-0.3, -0.25) is 19.1 Å². The van der Waals surface area contributed by atoms with Crippen molar-refractivity contribution in [3.05, 3.63) is 141 Å². The molecule has 5 atom stereocenters. The largest absolute Gasteiger partial charge is 0.495 e. The first kappa shape index (κ1) is 63.5. The summed E-state index contributed by atoms with van der Waals surface area (Å²) in [6.45, 7) is 9.73. The highest BCUT2D eigenvalue weighted by atomic mass is 35.5. The van der Waals surface area contributed by atoms with Crippen LogP contribution < -0.4 is 36.6 Å². The zero-order valence-corrected chi connectivity index (χ0v) is 50.2. The molecule has 1 unspecified atom stereocenters. The first-order chi connectivity index (χ1) is 41.2. The minimum Gasteiger partial charge on any atom is -0.495 e. The fourth-order valence-corrected chi connectivity index (χ4v) is 12.0. The molecule has 0 spiro atoms. The van der Waals surface area contributed by atoms with Crippen molar-refractivity contribution in [3.63, 3.8) is 0 Å². The smallest absolute Gasteiger partial charge is 0.284 e. The second kappa shape index (κ2) is 28.2. The highest BCUT2D eigenvalue weighted by Gasteiger charge is 2.61. The van der Waals surface area contributed by atoms with Crippen LogP contribution >= 0.6 is 23.2 Å². The molecule has 6 N–H and O–H groups in total. The Morgan fingerprint density at radius 1 is 0.930 bits per heavy atom. The number of nitriles is 1. The van der Waals surface area contributed by atoms with Gasteiger partial charge in [-0.15, -0.1) is 0 Å². The van der Waals surface area contributed by atoms with Crippen LogP contribution in [0.2, 0.25) is 10.0 Å². The van der Waals surface area contributed by atoms with Gasteiger partial charge >= 0.3 is 0 Å². The maximum absolute atomic E-state index is 16.2. The number of carbonyl (C=O) groups excluding carboxylic acids is 3. The third-order valence-corrected chi connectivity index (χ3v) is 16.7. The SMILES string of the molecule is COc1cc(C(=O)NCCOCCOCCN(C)CC2CCC(n3cc(NC(=O)C4=COC(c5ccnc(NCC6CC6)c5)N4)c(C(F)F)n3)CC2)ccc1NC(=O)[C@@H]1N[C@@H](CC(C)(C)C)[C@](C#N)(c2ccc(Cl)cc2F)[C@H]1c1cccc(Cl)c1F. The Balaban J connectivity index is 0.684. The molecule has 9 rings (SSSR count). The number of nitrogens with one attached hydrogen (secondary N) is 6. The molecule has 4 heterocycles. The van der Waals surface area contributed by atoms with Crippen LogP contribution in [0.4, 0.5) is 34.8 Å². The predicted octanol–water partition coefficient (Wildman–Crippen LogP) is 10.8. The zero-order valence-electron chi connectivity index (χ0n) is 48.7. The third-order valence-electron chi connectivity index (χ3n) is 16.2. The lowest BCUT2D eigenvalue weighted by Gasteiger charge is -2.37. The lowest BCUT2D eigenvalue weighted by Crippen LogP contribution is -2.45. The highest BCUT2D eigenvalue weighted by Crippen LogP contribution is 2.53. The number of methoxy groups -OCH3 is 1. The fourth-order valence-electron chi connectivity index (χ4n) is 11.7. The maximum atomic E-state index is 16.2. The Labute approximate surface area is 508 Å². The first-order valence-electron chi connectivity index (χ1n) is 28.9. The molecule has 3 amide bonds. The first-order valence-corrected chi connectivity index (χ1v) is 29.7. The number of likely N-dealkylation sites (N-methyl/N-ethyl adjacent to an activating group) is 1. The molecule has 24 heteroatoms. The normalized spacial score (nSPS) is 22.0. The number of carbonyl (C=O) groups is 3.